The molecule has 0 bridgehead atoms. The van der Waals surface area contributed by atoms with Crippen molar-refractivity contribution >= 4 is 39.8 Å². The summed E-state index contributed by atoms with van der Waals surface area (Å²) in [5.41, 5.74) is 7.10. The summed E-state index contributed by atoms with van der Waals surface area (Å²) in [7, 11) is 0. The van der Waals surface area contributed by atoms with Gasteiger partial charge in [-0.05, 0) is 24.8 Å². The van der Waals surface area contributed by atoms with E-state index in [-0.39, 0.29) is 5.91 Å². The maximum atomic E-state index is 12.2. The van der Waals surface area contributed by atoms with Gasteiger partial charge in [0.25, 0.3) is 5.91 Å². The molecule has 19 heavy (non-hydrogen) atoms. The van der Waals surface area contributed by atoms with E-state index in [0.717, 1.165) is 16.3 Å². The van der Waals surface area contributed by atoms with Gasteiger partial charge in [-0.2, -0.15) is 0 Å². The smallest absolute Gasteiger partial charge is 0.267 e. The molecule has 0 aliphatic carbocycles. The standard InChI is InChI=1S/C13H15N3OS2/c1-3-18-10-7-5-4-6-9(10)16-12(17)11-8(2)15-13(14)19-11/h4-7H,3H2,1-2H3,(H2,14,15)(H,16,17). The minimum absolute atomic E-state index is 0.157. The summed E-state index contributed by atoms with van der Waals surface area (Å²) in [6.07, 6.45) is 0. The number of amides is 1. The number of nitrogens with one attached hydrogen (secondary N) is 1. The van der Waals surface area contributed by atoms with Crippen LogP contribution in [0.3, 0.4) is 0 Å². The highest BCUT2D eigenvalue weighted by molar-refractivity contribution is 7.99. The minimum atomic E-state index is -0.157. The van der Waals surface area contributed by atoms with Crippen LogP contribution in [0.15, 0.2) is 29.2 Å². The maximum absolute atomic E-state index is 12.2. The number of hydrogen-bond donors (Lipinski definition) is 2. The summed E-state index contributed by atoms with van der Waals surface area (Å²) >= 11 is 2.91. The Labute approximate surface area is 120 Å². The van der Waals surface area contributed by atoms with Gasteiger partial charge in [0, 0.05) is 4.90 Å². The van der Waals surface area contributed by atoms with Gasteiger partial charge in [-0.1, -0.05) is 30.4 Å². The number of thioether (sulfide) groups is 1. The van der Waals surface area contributed by atoms with Crippen molar-refractivity contribution in [1.29, 1.82) is 0 Å². The topological polar surface area (TPSA) is 68.0 Å². The van der Waals surface area contributed by atoms with Crippen LogP contribution >= 0.6 is 23.1 Å². The molecule has 0 radical (unpaired) electrons. The Morgan fingerprint density at radius 3 is 2.84 bits per heavy atom. The van der Waals surface area contributed by atoms with Crippen molar-refractivity contribution in [3.8, 4) is 0 Å². The molecule has 1 aromatic heterocycles. The highest BCUT2D eigenvalue weighted by Gasteiger charge is 2.15. The summed E-state index contributed by atoms with van der Waals surface area (Å²) < 4.78 is 0. The van der Waals surface area contributed by atoms with Crippen molar-refractivity contribution in [1.82, 2.24) is 4.98 Å². The van der Waals surface area contributed by atoms with Gasteiger partial charge < -0.3 is 11.1 Å². The number of aromatic nitrogens is 1. The third-order valence-electron chi connectivity index (χ3n) is 2.45. The average Bonchev–Trinajstić information content (AvgIpc) is 2.71. The first kappa shape index (κ1) is 13.9. The van der Waals surface area contributed by atoms with Gasteiger partial charge in [-0.25, -0.2) is 4.98 Å². The van der Waals surface area contributed by atoms with Crippen molar-refractivity contribution < 1.29 is 4.79 Å². The van der Waals surface area contributed by atoms with Crippen LogP contribution in [0.5, 0.6) is 0 Å². The Balaban J connectivity index is 2.21. The number of nitrogens with two attached hydrogens (primary N) is 1. The highest BCUT2D eigenvalue weighted by atomic mass is 32.2. The molecule has 1 heterocycles. The number of nitrogen functional groups attached to an aromatic ring is 1. The summed E-state index contributed by atoms with van der Waals surface area (Å²) in [4.78, 5) is 17.9. The molecule has 0 aliphatic rings. The Bertz CT molecular complexity index is 595. The van der Waals surface area contributed by atoms with Crippen LogP contribution in [-0.2, 0) is 0 Å². The van der Waals surface area contributed by atoms with Crippen molar-refractivity contribution in [2.24, 2.45) is 0 Å². The molecule has 0 unspecified atom stereocenters. The second-order valence-corrected chi connectivity index (χ2v) is 6.19. The lowest BCUT2D eigenvalue weighted by atomic mass is 10.3. The average molecular weight is 293 g/mol. The molecule has 0 saturated heterocycles. The van der Waals surface area contributed by atoms with E-state index in [1.807, 2.05) is 24.3 Å². The third-order valence-corrected chi connectivity index (χ3v) is 4.40. The molecule has 1 amide bonds. The maximum Gasteiger partial charge on any atom is 0.267 e. The number of aryl methyl sites for hydroxylation is 1. The van der Waals surface area contributed by atoms with E-state index in [2.05, 4.69) is 17.2 Å². The second kappa shape index (κ2) is 6.08. The molecule has 1 aromatic carbocycles. The summed E-state index contributed by atoms with van der Waals surface area (Å²) in [6, 6.07) is 7.76. The van der Waals surface area contributed by atoms with Crippen LogP contribution in [0, 0.1) is 6.92 Å². The molecule has 0 spiro atoms. The predicted octanol–water partition coefficient (Wildman–Crippen LogP) is 3.40. The van der Waals surface area contributed by atoms with Gasteiger partial charge in [-0.15, -0.1) is 11.8 Å². The SMILES string of the molecule is CCSc1ccccc1NC(=O)c1sc(N)nc1C. The number of para-hydroxylation sites is 1. The lowest BCUT2D eigenvalue weighted by Crippen LogP contribution is -2.12. The fourth-order valence-corrected chi connectivity index (χ4v) is 3.15. The van der Waals surface area contributed by atoms with E-state index in [4.69, 9.17) is 5.73 Å². The Morgan fingerprint density at radius 2 is 2.21 bits per heavy atom. The zero-order valence-corrected chi connectivity index (χ0v) is 12.4. The Hall–Kier alpha value is -1.53. The summed E-state index contributed by atoms with van der Waals surface area (Å²) in [6.45, 7) is 3.87. The summed E-state index contributed by atoms with van der Waals surface area (Å²) in [5.74, 6) is 0.801. The molecule has 4 nitrogen and oxygen atoms in total. The Morgan fingerprint density at radius 1 is 1.47 bits per heavy atom. The first-order valence-corrected chi connectivity index (χ1v) is 7.68. The van der Waals surface area contributed by atoms with Crippen LogP contribution in [0.25, 0.3) is 0 Å². The van der Waals surface area contributed by atoms with Crippen LogP contribution < -0.4 is 11.1 Å². The van der Waals surface area contributed by atoms with Crippen LogP contribution in [0.1, 0.15) is 22.3 Å². The van der Waals surface area contributed by atoms with E-state index < -0.39 is 0 Å². The number of nitrogens with zero attached hydrogens (tertiary/aromatic N) is 1. The van der Waals surface area contributed by atoms with E-state index in [1.54, 1.807) is 18.7 Å². The molecule has 0 aliphatic heterocycles. The first-order chi connectivity index (χ1) is 9.11. The number of thiazole rings is 1. The highest BCUT2D eigenvalue weighted by Crippen LogP contribution is 2.28. The third kappa shape index (κ3) is 3.27. The molecule has 6 heteroatoms. The Kier molecular flexibility index (Phi) is 4.44. The lowest BCUT2D eigenvalue weighted by Gasteiger charge is -2.09. The molecule has 0 fully saturated rings. The molecule has 3 N–H and O–H groups in total. The van der Waals surface area contributed by atoms with Gasteiger partial charge in [-0.3, -0.25) is 4.79 Å². The number of carbonyl (C=O) groups excluding carboxylic acids is 1. The van der Waals surface area contributed by atoms with Crippen LogP contribution in [-0.4, -0.2) is 16.6 Å². The first-order valence-electron chi connectivity index (χ1n) is 5.88. The number of benzene rings is 1. The van der Waals surface area contributed by atoms with Crippen molar-refractivity contribution in [2.75, 3.05) is 16.8 Å². The van der Waals surface area contributed by atoms with E-state index >= 15 is 0 Å². The quantitative estimate of drug-likeness (QED) is 0.848. The fourth-order valence-electron chi connectivity index (χ4n) is 1.66. The minimum Gasteiger partial charge on any atom is -0.375 e. The number of rotatable bonds is 4. The number of anilines is 2. The van der Waals surface area contributed by atoms with Gasteiger partial charge in [0.1, 0.15) is 4.88 Å². The van der Waals surface area contributed by atoms with Crippen molar-refractivity contribution in [3.05, 3.63) is 34.8 Å². The van der Waals surface area contributed by atoms with Gasteiger partial charge in [0.05, 0.1) is 11.4 Å². The zero-order chi connectivity index (χ0) is 13.8. The fraction of sp³-hybridized carbons (Fsp3) is 0.231. The van der Waals surface area contributed by atoms with E-state index in [1.165, 1.54) is 11.3 Å². The molecule has 0 atom stereocenters. The van der Waals surface area contributed by atoms with Gasteiger partial charge in [0.2, 0.25) is 0 Å². The molecule has 2 rings (SSSR count). The van der Waals surface area contributed by atoms with Crippen molar-refractivity contribution in [3.63, 3.8) is 0 Å². The molecule has 2 aromatic rings. The molecular formula is C13H15N3OS2. The second-order valence-electron chi connectivity index (χ2n) is 3.85. The largest absolute Gasteiger partial charge is 0.375 e. The normalized spacial score (nSPS) is 10.4. The zero-order valence-electron chi connectivity index (χ0n) is 10.8. The lowest BCUT2D eigenvalue weighted by molar-refractivity contribution is 0.102. The number of carbonyl (C=O) groups is 1. The predicted molar refractivity (Wildman–Crippen MR) is 82.1 cm³/mol. The van der Waals surface area contributed by atoms with Crippen LogP contribution in [0.4, 0.5) is 10.8 Å². The molecule has 100 valence electrons. The summed E-state index contributed by atoms with van der Waals surface area (Å²) in [5, 5.41) is 3.34. The van der Waals surface area contributed by atoms with Crippen molar-refractivity contribution in [2.45, 2.75) is 18.7 Å². The van der Waals surface area contributed by atoms with Gasteiger partial charge >= 0.3 is 0 Å². The molecular weight excluding hydrogens is 278 g/mol. The molecule has 0 saturated carbocycles. The monoisotopic (exact) mass is 293 g/mol. The van der Waals surface area contributed by atoms with E-state index in [9.17, 15) is 4.79 Å². The van der Waals surface area contributed by atoms with E-state index in [0.29, 0.717) is 15.7 Å². The number of hydrogen-bond acceptors (Lipinski definition) is 5. The van der Waals surface area contributed by atoms with Gasteiger partial charge in [0.15, 0.2) is 5.13 Å². The van der Waals surface area contributed by atoms with Crippen LogP contribution in [0.2, 0.25) is 0 Å².